The van der Waals surface area contributed by atoms with Crippen molar-refractivity contribution < 1.29 is 19.1 Å². The van der Waals surface area contributed by atoms with Gasteiger partial charge in [0.1, 0.15) is 6.10 Å². The summed E-state index contributed by atoms with van der Waals surface area (Å²) >= 11 is 0. The Balaban J connectivity index is 2.97. The zero-order valence-electron chi connectivity index (χ0n) is 10.2. The van der Waals surface area contributed by atoms with Crippen LogP contribution < -0.4 is 0 Å². The predicted octanol–water partition coefficient (Wildman–Crippen LogP) is 1.89. The van der Waals surface area contributed by atoms with E-state index >= 15 is 0 Å². The van der Waals surface area contributed by atoms with Crippen molar-refractivity contribution in [2.75, 3.05) is 7.11 Å². The SMILES string of the molecule is COC(c1ccccc1)C(OC(C)=O)C(C)=O. The van der Waals surface area contributed by atoms with Crippen LogP contribution in [-0.4, -0.2) is 25.0 Å². The summed E-state index contributed by atoms with van der Waals surface area (Å²) < 4.78 is 10.3. The zero-order valence-corrected chi connectivity index (χ0v) is 10.2. The van der Waals surface area contributed by atoms with E-state index in [0.29, 0.717) is 0 Å². The summed E-state index contributed by atoms with van der Waals surface area (Å²) in [6.45, 7) is 2.65. The molecule has 0 N–H and O–H groups in total. The molecule has 17 heavy (non-hydrogen) atoms. The first-order chi connectivity index (χ1) is 8.06. The minimum Gasteiger partial charge on any atom is -0.451 e. The van der Waals surface area contributed by atoms with E-state index in [1.54, 1.807) is 0 Å². The molecule has 0 saturated carbocycles. The van der Waals surface area contributed by atoms with Crippen LogP contribution in [0, 0.1) is 0 Å². The van der Waals surface area contributed by atoms with Crippen molar-refractivity contribution in [1.29, 1.82) is 0 Å². The Morgan fingerprint density at radius 2 is 1.71 bits per heavy atom. The highest BCUT2D eigenvalue weighted by Crippen LogP contribution is 2.23. The number of benzene rings is 1. The molecule has 0 saturated heterocycles. The predicted molar refractivity (Wildman–Crippen MR) is 62.4 cm³/mol. The van der Waals surface area contributed by atoms with Crippen molar-refractivity contribution in [2.45, 2.75) is 26.1 Å². The monoisotopic (exact) mass is 236 g/mol. The number of hydrogen-bond donors (Lipinski definition) is 0. The van der Waals surface area contributed by atoms with Crippen LogP contribution in [0.15, 0.2) is 30.3 Å². The molecule has 4 heteroatoms. The van der Waals surface area contributed by atoms with Gasteiger partial charge < -0.3 is 9.47 Å². The number of carbonyl (C=O) groups is 2. The summed E-state index contributed by atoms with van der Waals surface area (Å²) in [7, 11) is 1.48. The maximum absolute atomic E-state index is 11.5. The molecule has 1 aromatic rings. The lowest BCUT2D eigenvalue weighted by Gasteiger charge is -2.23. The minimum atomic E-state index is -0.903. The maximum atomic E-state index is 11.5. The molecule has 1 rings (SSSR count). The quantitative estimate of drug-likeness (QED) is 0.733. The molecule has 0 amide bonds. The third kappa shape index (κ3) is 3.67. The molecule has 0 heterocycles. The highest BCUT2D eigenvalue weighted by atomic mass is 16.6. The van der Waals surface area contributed by atoms with Gasteiger partial charge in [-0.25, -0.2) is 0 Å². The first-order valence-electron chi connectivity index (χ1n) is 5.31. The van der Waals surface area contributed by atoms with Crippen LogP contribution in [-0.2, 0) is 19.1 Å². The lowest BCUT2D eigenvalue weighted by atomic mass is 10.0. The second-order valence-electron chi connectivity index (χ2n) is 3.71. The van der Waals surface area contributed by atoms with Crippen LogP contribution >= 0.6 is 0 Å². The molecule has 0 aromatic heterocycles. The number of rotatable bonds is 5. The summed E-state index contributed by atoms with van der Waals surface area (Å²) in [6, 6.07) is 9.20. The smallest absolute Gasteiger partial charge is 0.303 e. The van der Waals surface area contributed by atoms with Crippen LogP contribution in [0.25, 0.3) is 0 Å². The third-order valence-electron chi connectivity index (χ3n) is 2.35. The van der Waals surface area contributed by atoms with Crippen LogP contribution in [0.3, 0.4) is 0 Å². The molecular formula is C13H16O4. The molecule has 0 aliphatic rings. The van der Waals surface area contributed by atoms with Crippen LogP contribution in [0.5, 0.6) is 0 Å². The van der Waals surface area contributed by atoms with Gasteiger partial charge >= 0.3 is 5.97 Å². The molecule has 0 aliphatic carbocycles. The van der Waals surface area contributed by atoms with Crippen molar-refractivity contribution in [3.05, 3.63) is 35.9 Å². The number of ketones is 1. The molecule has 92 valence electrons. The molecule has 2 unspecified atom stereocenters. The number of carbonyl (C=O) groups excluding carboxylic acids is 2. The molecule has 0 bridgehead atoms. The first kappa shape index (κ1) is 13.4. The fourth-order valence-corrected chi connectivity index (χ4v) is 1.61. The van der Waals surface area contributed by atoms with Gasteiger partial charge in [-0.1, -0.05) is 30.3 Å². The molecule has 4 nitrogen and oxygen atoms in total. The van der Waals surface area contributed by atoms with Gasteiger partial charge in [-0.15, -0.1) is 0 Å². The molecule has 0 spiro atoms. The summed E-state index contributed by atoms with van der Waals surface area (Å²) in [6.07, 6.45) is -1.47. The number of ether oxygens (including phenoxy) is 2. The average molecular weight is 236 g/mol. The Kier molecular flexibility index (Phi) is 4.84. The Bertz CT molecular complexity index is 386. The Morgan fingerprint density at radius 3 is 2.12 bits per heavy atom. The lowest BCUT2D eigenvalue weighted by molar-refractivity contribution is -0.161. The van der Waals surface area contributed by atoms with E-state index in [9.17, 15) is 9.59 Å². The second-order valence-corrected chi connectivity index (χ2v) is 3.71. The van der Waals surface area contributed by atoms with Gasteiger partial charge in [0.2, 0.25) is 0 Å². The van der Waals surface area contributed by atoms with Crippen LogP contribution in [0.2, 0.25) is 0 Å². The summed E-state index contributed by atoms with van der Waals surface area (Å²) in [5, 5.41) is 0. The Hall–Kier alpha value is -1.68. The Labute approximate surface area is 101 Å². The highest BCUT2D eigenvalue weighted by molar-refractivity contribution is 5.83. The summed E-state index contributed by atoms with van der Waals surface area (Å²) in [4.78, 5) is 22.5. The maximum Gasteiger partial charge on any atom is 0.303 e. The van der Waals surface area contributed by atoms with Crippen molar-refractivity contribution in [3.63, 3.8) is 0 Å². The first-order valence-corrected chi connectivity index (χ1v) is 5.31. The van der Waals surface area contributed by atoms with E-state index in [2.05, 4.69) is 0 Å². The van der Waals surface area contributed by atoms with Crippen molar-refractivity contribution >= 4 is 11.8 Å². The van der Waals surface area contributed by atoms with E-state index in [0.717, 1.165) is 5.56 Å². The minimum absolute atomic E-state index is 0.240. The van der Waals surface area contributed by atoms with E-state index in [1.807, 2.05) is 30.3 Å². The zero-order chi connectivity index (χ0) is 12.8. The third-order valence-corrected chi connectivity index (χ3v) is 2.35. The number of esters is 1. The normalized spacial score (nSPS) is 13.8. The summed E-state index contributed by atoms with van der Waals surface area (Å²) in [5.41, 5.74) is 0.802. The number of methoxy groups -OCH3 is 1. The van der Waals surface area contributed by atoms with Gasteiger partial charge in [-0.05, 0) is 12.5 Å². The van der Waals surface area contributed by atoms with E-state index in [4.69, 9.17) is 9.47 Å². The van der Waals surface area contributed by atoms with E-state index < -0.39 is 18.2 Å². The summed E-state index contributed by atoms with van der Waals surface area (Å²) in [5.74, 6) is -0.737. The van der Waals surface area contributed by atoms with Gasteiger partial charge in [0.15, 0.2) is 11.9 Å². The van der Waals surface area contributed by atoms with Gasteiger partial charge in [-0.2, -0.15) is 0 Å². The molecule has 0 fully saturated rings. The van der Waals surface area contributed by atoms with Crippen molar-refractivity contribution in [3.8, 4) is 0 Å². The number of hydrogen-bond acceptors (Lipinski definition) is 4. The average Bonchev–Trinajstić information content (AvgIpc) is 2.29. The van der Waals surface area contributed by atoms with Gasteiger partial charge in [-0.3, -0.25) is 9.59 Å². The van der Waals surface area contributed by atoms with Crippen LogP contribution in [0.1, 0.15) is 25.5 Å². The molecule has 1 aromatic carbocycles. The lowest BCUT2D eigenvalue weighted by Crippen LogP contribution is -2.32. The topological polar surface area (TPSA) is 52.6 Å². The van der Waals surface area contributed by atoms with Gasteiger partial charge in [0.25, 0.3) is 0 Å². The fraction of sp³-hybridized carbons (Fsp3) is 0.385. The van der Waals surface area contributed by atoms with E-state index in [1.165, 1.54) is 21.0 Å². The van der Waals surface area contributed by atoms with Crippen molar-refractivity contribution in [2.24, 2.45) is 0 Å². The molecule has 0 radical (unpaired) electrons. The van der Waals surface area contributed by atoms with E-state index in [-0.39, 0.29) is 5.78 Å². The Morgan fingerprint density at radius 1 is 1.12 bits per heavy atom. The van der Waals surface area contributed by atoms with Crippen molar-refractivity contribution in [1.82, 2.24) is 0 Å². The standard InChI is InChI=1S/C13H16O4/c1-9(14)12(17-10(2)15)13(16-3)11-7-5-4-6-8-11/h4-8,12-13H,1-3H3. The largest absolute Gasteiger partial charge is 0.451 e. The van der Waals surface area contributed by atoms with Gasteiger partial charge in [0.05, 0.1) is 0 Å². The number of Topliss-reactive ketones (excluding diaryl/α,β-unsaturated/α-hetero) is 1. The molecule has 0 aliphatic heterocycles. The van der Waals surface area contributed by atoms with Crippen LogP contribution in [0.4, 0.5) is 0 Å². The highest BCUT2D eigenvalue weighted by Gasteiger charge is 2.29. The molecular weight excluding hydrogens is 220 g/mol. The molecule has 2 atom stereocenters. The van der Waals surface area contributed by atoms with Gasteiger partial charge in [0, 0.05) is 14.0 Å². The second kappa shape index (κ2) is 6.15. The fourth-order valence-electron chi connectivity index (χ4n) is 1.61.